The van der Waals surface area contributed by atoms with Gasteiger partial charge in [0.2, 0.25) is 0 Å². The lowest BCUT2D eigenvalue weighted by atomic mass is 10.0. The molecule has 0 N–H and O–H groups in total. The van der Waals surface area contributed by atoms with Crippen LogP contribution in [0.1, 0.15) is 5.56 Å². The van der Waals surface area contributed by atoms with Gasteiger partial charge in [-0.3, -0.25) is 0 Å². The third-order valence-corrected chi connectivity index (χ3v) is 4.96. The van der Waals surface area contributed by atoms with Crippen LogP contribution >= 0.6 is 0 Å². The smallest absolute Gasteiger partial charge is 0.147 e. The number of rotatable bonds is 3. The summed E-state index contributed by atoms with van der Waals surface area (Å²) in [5, 5.41) is 0.900. The van der Waals surface area contributed by atoms with Gasteiger partial charge in [0, 0.05) is 37.1 Å². The Morgan fingerprint density at radius 1 is 1.04 bits per heavy atom. The maximum Gasteiger partial charge on any atom is 0.147 e. The molecule has 2 aromatic carbocycles. The van der Waals surface area contributed by atoms with E-state index in [1.54, 1.807) is 12.1 Å². The highest BCUT2D eigenvalue weighted by Crippen LogP contribution is 2.30. The molecule has 1 aliphatic heterocycles. The quantitative estimate of drug-likeness (QED) is 0.720. The van der Waals surface area contributed by atoms with Crippen molar-refractivity contribution in [3.63, 3.8) is 0 Å². The van der Waals surface area contributed by atoms with Crippen LogP contribution in [-0.4, -0.2) is 48.1 Å². The van der Waals surface area contributed by atoms with Crippen molar-refractivity contribution in [3.8, 4) is 11.3 Å². The molecule has 1 fully saturated rings. The van der Waals surface area contributed by atoms with Gasteiger partial charge in [-0.15, -0.1) is 0 Å². The second-order valence-corrected chi connectivity index (χ2v) is 6.66. The van der Waals surface area contributed by atoms with E-state index in [9.17, 15) is 4.39 Å². The molecule has 0 saturated carbocycles. The molecule has 3 aromatic rings. The summed E-state index contributed by atoms with van der Waals surface area (Å²) in [6.45, 7) is 7.38. The molecule has 0 aliphatic carbocycles. The van der Waals surface area contributed by atoms with E-state index in [1.807, 2.05) is 30.3 Å². The second-order valence-electron chi connectivity index (χ2n) is 6.66. The zero-order valence-corrected chi connectivity index (χ0v) is 14.8. The number of hydrogen-bond acceptors (Lipinski definition) is 4. The Morgan fingerprint density at radius 2 is 1.85 bits per heavy atom. The summed E-state index contributed by atoms with van der Waals surface area (Å²) < 4.78 is 14.8. The summed E-state index contributed by atoms with van der Waals surface area (Å²) in [7, 11) is 2.09. The van der Waals surface area contributed by atoms with Gasteiger partial charge >= 0.3 is 0 Å². The van der Waals surface area contributed by atoms with Crippen LogP contribution in [0.3, 0.4) is 0 Å². The Balaban J connectivity index is 1.74. The minimum Gasteiger partial charge on any atom is -0.367 e. The molecule has 1 aliphatic rings. The minimum absolute atomic E-state index is 0.210. The van der Waals surface area contributed by atoms with Crippen molar-refractivity contribution < 1.29 is 4.39 Å². The van der Waals surface area contributed by atoms with E-state index < -0.39 is 0 Å². The van der Waals surface area contributed by atoms with E-state index in [1.165, 1.54) is 6.33 Å². The lowest BCUT2D eigenvalue weighted by molar-refractivity contribution is 0.311. The average molecular weight is 348 g/mol. The first kappa shape index (κ1) is 16.7. The highest BCUT2D eigenvalue weighted by Gasteiger charge is 2.18. The number of benzene rings is 2. The molecule has 5 heteroatoms. The topological polar surface area (TPSA) is 32.3 Å². The molecule has 4 rings (SSSR count). The van der Waals surface area contributed by atoms with E-state index in [4.69, 9.17) is 0 Å². The van der Waals surface area contributed by atoms with Gasteiger partial charge in [-0.05, 0) is 36.9 Å². The molecule has 4 nitrogen and oxygen atoms in total. The fourth-order valence-corrected chi connectivity index (χ4v) is 3.39. The van der Waals surface area contributed by atoms with Gasteiger partial charge in [-0.2, -0.15) is 0 Å². The predicted molar refractivity (Wildman–Crippen MR) is 105 cm³/mol. The van der Waals surface area contributed by atoms with E-state index in [-0.39, 0.29) is 5.82 Å². The molecule has 0 spiro atoms. The van der Waals surface area contributed by atoms with Gasteiger partial charge in [0.1, 0.15) is 12.1 Å². The third kappa shape index (κ3) is 3.06. The SMILES string of the molecule is C=Cc1ccc2ncnc(-c3ccc(N4CCN(C)CC4)c(F)c3)c2c1. The van der Waals surface area contributed by atoms with Crippen LogP contribution in [-0.2, 0) is 0 Å². The van der Waals surface area contributed by atoms with E-state index in [2.05, 4.69) is 33.4 Å². The highest BCUT2D eigenvalue weighted by molar-refractivity contribution is 5.93. The maximum absolute atomic E-state index is 14.8. The monoisotopic (exact) mass is 348 g/mol. The fourth-order valence-electron chi connectivity index (χ4n) is 3.39. The first-order chi connectivity index (χ1) is 12.7. The Bertz CT molecular complexity index is 961. The molecule has 0 unspecified atom stereocenters. The van der Waals surface area contributed by atoms with Crippen LogP contribution < -0.4 is 4.90 Å². The molecular weight excluding hydrogens is 327 g/mol. The largest absolute Gasteiger partial charge is 0.367 e. The molecular formula is C21H21FN4. The summed E-state index contributed by atoms with van der Waals surface area (Å²) in [6.07, 6.45) is 3.31. The fraction of sp³-hybridized carbons (Fsp3) is 0.238. The van der Waals surface area contributed by atoms with E-state index >= 15 is 0 Å². The van der Waals surface area contributed by atoms with Gasteiger partial charge in [-0.25, -0.2) is 14.4 Å². The molecule has 0 atom stereocenters. The molecule has 2 heterocycles. The van der Waals surface area contributed by atoms with Crippen LogP contribution in [0.4, 0.5) is 10.1 Å². The molecule has 0 radical (unpaired) electrons. The lowest BCUT2D eigenvalue weighted by Crippen LogP contribution is -2.44. The van der Waals surface area contributed by atoms with Crippen molar-refractivity contribution in [2.45, 2.75) is 0 Å². The summed E-state index contributed by atoms with van der Waals surface area (Å²) >= 11 is 0. The van der Waals surface area contributed by atoms with Crippen LogP contribution in [0.15, 0.2) is 49.3 Å². The van der Waals surface area contributed by atoms with Crippen LogP contribution in [0, 0.1) is 5.82 Å². The number of likely N-dealkylation sites (N-methyl/N-ethyl adjacent to an activating group) is 1. The summed E-state index contributed by atoms with van der Waals surface area (Å²) in [5.74, 6) is -0.210. The standard InChI is InChI=1S/C21H21FN4/c1-3-15-4-6-19-17(12-15)21(24-14-23-19)16-5-7-20(18(22)13-16)26-10-8-25(2)9-11-26/h3-7,12-14H,1,8-11H2,2H3. The van der Waals surface area contributed by atoms with E-state index in [0.717, 1.165) is 53.9 Å². The van der Waals surface area contributed by atoms with Crippen molar-refractivity contribution in [2.75, 3.05) is 38.1 Å². The Morgan fingerprint density at radius 3 is 2.58 bits per heavy atom. The average Bonchev–Trinajstić information content (AvgIpc) is 2.68. The number of nitrogens with zero attached hydrogens (tertiary/aromatic N) is 4. The third-order valence-electron chi connectivity index (χ3n) is 4.96. The first-order valence-corrected chi connectivity index (χ1v) is 8.76. The summed E-state index contributed by atoms with van der Waals surface area (Å²) in [6, 6.07) is 11.3. The van der Waals surface area contributed by atoms with Gasteiger partial charge < -0.3 is 9.80 Å². The second kappa shape index (κ2) is 6.84. The maximum atomic E-state index is 14.8. The molecule has 1 saturated heterocycles. The Hall–Kier alpha value is -2.79. The Labute approximate surface area is 152 Å². The molecule has 26 heavy (non-hydrogen) atoms. The van der Waals surface area contributed by atoms with Gasteiger partial charge in [0.15, 0.2) is 0 Å². The van der Waals surface area contributed by atoms with Crippen molar-refractivity contribution in [3.05, 3.63) is 60.7 Å². The predicted octanol–water partition coefficient (Wildman–Crippen LogP) is 3.83. The number of piperazine rings is 1. The highest BCUT2D eigenvalue weighted by atomic mass is 19.1. The van der Waals surface area contributed by atoms with Crippen LogP contribution in [0.5, 0.6) is 0 Å². The minimum atomic E-state index is -0.210. The molecule has 132 valence electrons. The summed E-state index contributed by atoms with van der Waals surface area (Å²) in [4.78, 5) is 13.1. The van der Waals surface area contributed by atoms with Gasteiger partial charge in [0.05, 0.1) is 16.9 Å². The van der Waals surface area contributed by atoms with Crippen LogP contribution in [0.25, 0.3) is 28.2 Å². The van der Waals surface area contributed by atoms with Gasteiger partial charge in [-0.1, -0.05) is 24.8 Å². The molecule has 1 aromatic heterocycles. The van der Waals surface area contributed by atoms with Crippen molar-refractivity contribution >= 4 is 22.7 Å². The number of aromatic nitrogens is 2. The number of hydrogen-bond donors (Lipinski definition) is 0. The molecule has 0 bridgehead atoms. The first-order valence-electron chi connectivity index (χ1n) is 8.76. The van der Waals surface area contributed by atoms with Crippen molar-refractivity contribution in [1.82, 2.24) is 14.9 Å². The van der Waals surface area contributed by atoms with Crippen LogP contribution in [0.2, 0.25) is 0 Å². The van der Waals surface area contributed by atoms with Crippen molar-refractivity contribution in [1.29, 1.82) is 0 Å². The lowest BCUT2D eigenvalue weighted by Gasteiger charge is -2.34. The zero-order valence-electron chi connectivity index (χ0n) is 14.8. The number of fused-ring (bicyclic) bond motifs is 1. The van der Waals surface area contributed by atoms with Crippen molar-refractivity contribution in [2.24, 2.45) is 0 Å². The summed E-state index contributed by atoms with van der Waals surface area (Å²) in [5.41, 5.74) is 3.98. The Kier molecular flexibility index (Phi) is 4.39. The van der Waals surface area contributed by atoms with Gasteiger partial charge in [0.25, 0.3) is 0 Å². The normalized spacial score (nSPS) is 15.4. The van der Waals surface area contributed by atoms with E-state index in [0.29, 0.717) is 5.69 Å². The number of halogens is 1. The molecule has 0 amide bonds. The zero-order chi connectivity index (χ0) is 18.1. The number of anilines is 1.